The Balaban J connectivity index is 2.06. The first-order valence-electron chi connectivity index (χ1n) is 7.46. The van der Waals surface area contributed by atoms with Crippen LogP contribution in [0.5, 0.6) is 0 Å². The summed E-state index contributed by atoms with van der Waals surface area (Å²) in [6.07, 6.45) is 8.38. The van der Waals surface area contributed by atoms with Crippen LogP contribution in [0.3, 0.4) is 0 Å². The molecule has 1 atom stereocenters. The number of nitrogens with one attached hydrogen (secondary N) is 1. The minimum Gasteiger partial charge on any atom is -0.312 e. The average molecular weight is 249 g/mol. The summed E-state index contributed by atoms with van der Waals surface area (Å²) in [7, 11) is 2.08. The summed E-state index contributed by atoms with van der Waals surface area (Å²) in [6, 6.07) is 2.71. The van der Waals surface area contributed by atoms with E-state index in [1.54, 1.807) is 0 Å². The molecule has 0 saturated heterocycles. The van der Waals surface area contributed by atoms with Gasteiger partial charge in [-0.1, -0.05) is 32.1 Å². The second-order valence-electron chi connectivity index (χ2n) is 5.61. The van der Waals surface area contributed by atoms with E-state index in [-0.39, 0.29) is 0 Å². The third-order valence-corrected chi connectivity index (χ3v) is 4.23. The van der Waals surface area contributed by atoms with E-state index in [0.29, 0.717) is 6.04 Å². The molecule has 3 heteroatoms. The average Bonchev–Trinajstić information content (AvgIpc) is 2.78. The fourth-order valence-corrected chi connectivity index (χ4v) is 3.24. The Kier molecular flexibility index (Phi) is 4.81. The number of rotatable bonds is 5. The second-order valence-corrected chi connectivity index (χ2v) is 5.61. The molecule has 1 fully saturated rings. The van der Waals surface area contributed by atoms with Gasteiger partial charge >= 0.3 is 0 Å². The lowest BCUT2D eigenvalue weighted by Gasteiger charge is -2.26. The first-order chi connectivity index (χ1) is 8.74. The van der Waals surface area contributed by atoms with Crippen LogP contribution in [0.1, 0.15) is 62.9 Å². The van der Waals surface area contributed by atoms with Gasteiger partial charge in [-0.25, -0.2) is 0 Å². The van der Waals surface area contributed by atoms with Gasteiger partial charge < -0.3 is 5.32 Å². The van der Waals surface area contributed by atoms with Gasteiger partial charge in [0.05, 0.1) is 11.4 Å². The van der Waals surface area contributed by atoms with Gasteiger partial charge in [-0.3, -0.25) is 4.68 Å². The van der Waals surface area contributed by atoms with Crippen LogP contribution in [-0.2, 0) is 6.54 Å². The van der Waals surface area contributed by atoms with E-state index in [4.69, 9.17) is 0 Å². The Labute approximate surface area is 111 Å². The molecule has 0 spiro atoms. The molecule has 0 aliphatic heterocycles. The van der Waals surface area contributed by atoms with Crippen molar-refractivity contribution in [2.45, 2.75) is 65.0 Å². The van der Waals surface area contributed by atoms with Crippen molar-refractivity contribution in [1.82, 2.24) is 15.1 Å². The molecule has 0 bridgehead atoms. The number of hydrogen-bond donors (Lipinski definition) is 1. The maximum atomic E-state index is 4.57. The summed E-state index contributed by atoms with van der Waals surface area (Å²) >= 11 is 0. The molecule has 3 nitrogen and oxygen atoms in total. The zero-order valence-corrected chi connectivity index (χ0v) is 12.1. The smallest absolute Gasteiger partial charge is 0.0597 e. The van der Waals surface area contributed by atoms with E-state index >= 15 is 0 Å². The molecule has 1 aliphatic rings. The molecule has 102 valence electrons. The molecule has 1 aromatic rings. The molecule has 1 aliphatic carbocycles. The molecular weight excluding hydrogens is 222 g/mol. The maximum absolute atomic E-state index is 4.57. The van der Waals surface area contributed by atoms with Crippen LogP contribution in [0.4, 0.5) is 0 Å². The molecule has 0 aromatic carbocycles. The predicted octanol–water partition coefficient (Wildman–Crippen LogP) is 3.44. The van der Waals surface area contributed by atoms with E-state index in [1.807, 2.05) is 0 Å². The molecule has 1 N–H and O–H groups in total. The van der Waals surface area contributed by atoms with Crippen LogP contribution in [0, 0.1) is 12.8 Å². The molecule has 1 saturated carbocycles. The third kappa shape index (κ3) is 3.14. The van der Waals surface area contributed by atoms with Crippen LogP contribution in [0.15, 0.2) is 6.07 Å². The summed E-state index contributed by atoms with van der Waals surface area (Å²) in [5.41, 5.74) is 2.50. The highest BCUT2D eigenvalue weighted by Crippen LogP contribution is 2.31. The fourth-order valence-electron chi connectivity index (χ4n) is 3.24. The molecule has 0 amide bonds. The second kappa shape index (κ2) is 6.37. The van der Waals surface area contributed by atoms with Crippen LogP contribution >= 0.6 is 0 Å². The van der Waals surface area contributed by atoms with E-state index < -0.39 is 0 Å². The van der Waals surface area contributed by atoms with Crippen LogP contribution < -0.4 is 5.32 Å². The van der Waals surface area contributed by atoms with Gasteiger partial charge in [0, 0.05) is 12.6 Å². The molecular formula is C15H27N3. The Bertz CT molecular complexity index is 364. The van der Waals surface area contributed by atoms with E-state index in [2.05, 4.69) is 42.1 Å². The van der Waals surface area contributed by atoms with Gasteiger partial charge in [0.1, 0.15) is 0 Å². The minimum atomic E-state index is 0.467. The normalized spacial score (nSPS) is 19.1. The molecule has 1 unspecified atom stereocenters. The summed E-state index contributed by atoms with van der Waals surface area (Å²) in [5.74, 6) is 0.900. The number of nitrogens with zero attached hydrogens (tertiary/aromatic N) is 2. The predicted molar refractivity (Wildman–Crippen MR) is 75.6 cm³/mol. The Morgan fingerprint density at radius 3 is 2.72 bits per heavy atom. The SMILES string of the molecule is CCn1nc(C)cc1C(CC1CCCCC1)NC. The van der Waals surface area contributed by atoms with Crippen molar-refractivity contribution >= 4 is 0 Å². The fraction of sp³-hybridized carbons (Fsp3) is 0.800. The first kappa shape index (κ1) is 13.6. The van der Waals surface area contributed by atoms with Gasteiger partial charge in [0.2, 0.25) is 0 Å². The van der Waals surface area contributed by atoms with Crippen molar-refractivity contribution in [2.24, 2.45) is 5.92 Å². The van der Waals surface area contributed by atoms with Gasteiger partial charge in [0.15, 0.2) is 0 Å². The van der Waals surface area contributed by atoms with Crippen molar-refractivity contribution in [3.05, 3.63) is 17.5 Å². The highest BCUT2D eigenvalue weighted by atomic mass is 15.3. The third-order valence-electron chi connectivity index (χ3n) is 4.23. The zero-order chi connectivity index (χ0) is 13.0. The Morgan fingerprint density at radius 1 is 1.39 bits per heavy atom. The van der Waals surface area contributed by atoms with Gasteiger partial charge in [-0.05, 0) is 39.3 Å². The largest absolute Gasteiger partial charge is 0.312 e. The first-order valence-corrected chi connectivity index (χ1v) is 7.46. The topological polar surface area (TPSA) is 29.9 Å². The lowest BCUT2D eigenvalue weighted by Crippen LogP contribution is -2.24. The van der Waals surface area contributed by atoms with E-state index in [9.17, 15) is 0 Å². The van der Waals surface area contributed by atoms with Gasteiger partial charge in [-0.2, -0.15) is 5.10 Å². The standard InChI is InChI=1S/C15H27N3/c1-4-18-15(10-12(2)17-18)14(16-3)11-13-8-6-5-7-9-13/h10,13-14,16H,4-9,11H2,1-3H3. The van der Waals surface area contributed by atoms with Crippen LogP contribution in [0.25, 0.3) is 0 Å². The van der Waals surface area contributed by atoms with Crippen molar-refractivity contribution in [3.63, 3.8) is 0 Å². The lowest BCUT2D eigenvalue weighted by atomic mass is 9.84. The minimum absolute atomic E-state index is 0.467. The summed E-state index contributed by atoms with van der Waals surface area (Å²) in [4.78, 5) is 0. The van der Waals surface area contributed by atoms with Crippen molar-refractivity contribution in [1.29, 1.82) is 0 Å². The van der Waals surface area contributed by atoms with Gasteiger partial charge in [0.25, 0.3) is 0 Å². The molecule has 1 heterocycles. The summed E-state index contributed by atoms with van der Waals surface area (Å²) in [6.45, 7) is 5.22. The van der Waals surface area contributed by atoms with Crippen LogP contribution in [-0.4, -0.2) is 16.8 Å². The van der Waals surface area contributed by atoms with Crippen molar-refractivity contribution in [2.75, 3.05) is 7.05 Å². The number of aromatic nitrogens is 2. The molecule has 2 rings (SSSR count). The monoisotopic (exact) mass is 249 g/mol. The van der Waals surface area contributed by atoms with Gasteiger partial charge in [-0.15, -0.1) is 0 Å². The highest BCUT2D eigenvalue weighted by molar-refractivity contribution is 5.13. The number of hydrogen-bond acceptors (Lipinski definition) is 2. The highest BCUT2D eigenvalue weighted by Gasteiger charge is 2.21. The molecule has 1 aromatic heterocycles. The van der Waals surface area contributed by atoms with Crippen molar-refractivity contribution in [3.8, 4) is 0 Å². The molecule has 0 radical (unpaired) electrons. The maximum Gasteiger partial charge on any atom is 0.0597 e. The molecule has 18 heavy (non-hydrogen) atoms. The summed E-state index contributed by atoms with van der Waals surface area (Å²) < 4.78 is 2.15. The van der Waals surface area contributed by atoms with Crippen LogP contribution in [0.2, 0.25) is 0 Å². The van der Waals surface area contributed by atoms with Crippen molar-refractivity contribution < 1.29 is 0 Å². The quantitative estimate of drug-likeness (QED) is 0.866. The summed E-state index contributed by atoms with van der Waals surface area (Å²) in [5, 5.41) is 8.06. The zero-order valence-electron chi connectivity index (χ0n) is 12.1. The Hall–Kier alpha value is -0.830. The lowest BCUT2D eigenvalue weighted by molar-refractivity contribution is 0.299. The van der Waals surface area contributed by atoms with E-state index in [1.165, 1.54) is 44.2 Å². The number of aryl methyl sites for hydroxylation is 2. The van der Waals surface area contributed by atoms with E-state index in [0.717, 1.165) is 18.2 Å². The Morgan fingerprint density at radius 2 is 2.11 bits per heavy atom.